The first-order valence-electron chi connectivity index (χ1n) is 10.1. The Kier molecular flexibility index (Phi) is 6.62. The maximum Gasteiger partial charge on any atom is 0.239 e. The molecule has 1 heterocycles. The zero-order valence-electron chi connectivity index (χ0n) is 16.7. The molecule has 1 fully saturated rings. The Labute approximate surface area is 187 Å². The van der Waals surface area contributed by atoms with E-state index >= 15 is 0 Å². The highest BCUT2D eigenvalue weighted by molar-refractivity contribution is 8.24. The van der Waals surface area contributed by atoms with Crippen LogP contribution >= 0.6 is 24.0 Å². The molecule has 30 heavy (non-hydrogen) atoms. The summed E-state index contributed by atoms with van der Waals surface area (Å²) < 4.78 is 0.571. The van der Waals surface area contributed by atoms with Gasteiger partial charge in [0.2, 0.25) is 5.91 Å². The minimum atomic E-state index is -0.154. The first-order chi connectivity index (χ1) is 14.6. The van der Waals surface area contributed by atoms with Gasteiger partial charge in [-0.2, -0.15) is 0 Å². The molecule has 3 aromatic carbocycles. The largest absolute Gasteiger partial charge is 0.311 e. The first-order valence-corrected chi connectivity index (χ1v) is 11.3. The molecule has 0 bridgehead atoms. The molecule has 1 aliphatic rings. The molecule has 0 spiro atoms. The van der Waals surface area contributed by atoms with Crippen LogP contribution in [0.3, 0.4) is 0 Å². The lowest BCUT2D eigenvalue weighted by Crippen LogP contribution is -2.26. The molecule has 1 amide bonds. The summed E-state index contributed by atoms with van der Waals surface area (Å²) >= 11 is 6.58. The highest BCUT2D eigenvalue weighted by atomic mass is 32.2. The predicted molar refractivity (Wildman–Crippen MR) is 129 cm³/mol. The number of hydrogen-bond acceptors (Lipinski definition) is 4. The lowest BCUT2D eigenvalue weighted by Gasteiger charge is -2.25. The summed E-state index contributed by atoms with van der Waals surface area (Å²) in [6.07, 6.45) is 0.667. The van der Waals surface area contributed by atoms with Gasteiger partial charge in [0.05, 0.1) is 11.3 Å². The molecule has 4 rings (SSSR count). The van der Waals surface area contributed by atoms with E-state index in [0.29, 0.717) is 10.7 Å². The Hall–Kier alpha value is -2.47. The van der Waals surface area contributed by atoms with Crippen LogP contribution in [0.25, 0.3) is 0 Å². The van der Waals surface area contributed by atoms with Crippen molar-refractivity contribution in [2.24, 2.45) is 0 Å². The number of carbonyl (C=O) groups is 1. The molecule has 0 radical (unpaired) electrons. The average molecular weight is 433 g/mol. The van der Waals surface area contributed by atoms with Crippen molar-refractivity contribution < 1.29 is 4.79 Å². The van der Waals surface area contributed by atoms with Crippen LogP contribution in [0.4, 0.5) is 0 Å². The molecule has 152 valence electrons. The number of thiocarbonyl (C=S) groups is 1. The van der Waals surface area contributed by atoms with E-state index in [4.69, 9.17) is 12.2 Å². The maximum atomic E-state index is 12.1. The second kappa shape index (κ2) is 9.56. The first kappa shape index (κ1) is 20.8. The van der Waals surface area contributed by atoms with Gasteiger partial charge in [-0.1, -0.05) is 109 Å². The summed E-state index contributed by atoms with van der Waals surface area (Å²) in [6, 6.07) is 29.7. The molecule has 3 unspecified atom stereocenters. The fraction of sp³-hybridized carbons (Fsp3) is 0.200. The van der Waals surface area contributed by atoms with Crippen molar-refractivity contribution in [3.05, 3.63) is 107 Å². The minimum Gasteiger partial charge on any atom is -0.311 e. The van der Waals surface area contributed by atoms with E-state index in [1.54, 1.807) is 0 Å². The molecule has 3 atom stereocenters. The Morgan fingerprint density at radius 2 is 1.57 bits per heavy atom. The Bertz CT molecular complexity index is 1020. The standard InChI is InChI=1S/C25H24N2OS2/c1-17(19-10-4-2-5-11-19)26-23(20-12-6-3-7-13-20)21-14-8-9-18(15-21)16-22-24(28)27-25(29)30-22/h2-15,17,22-23,26H,16H2,1H3,(H,27,28,29). The summed E-state index contributed by atoms with van der Waals surface area (Å²) in [4.78, 5) is 12.1. The third-order valence-electron chi connectivity index (χ3n) is 5.32. The fourth-order valence-corrected chi connectivity index (χ4v) is 5.07. The van der Waals surface area contributed by atoms with Crippen LogP contribution in [-0.4, -0.2) is 15.5 Å². The number of carbonyl (C=O) groups excluding carboxylic acids is 1. The zero-order chi connectivity index (χ0) is 20.9. The number of amides is 1. The van der Waals surface area contributed by atoms with Crippen molar-refractivity contribution in [2.75, 3.05) is 0 Å². The van der Waals surface area contributed by atoms with Crippen molar-refractivity contribution in [3.63, 3.8) is 0 Å². The summed E-state index contributed by atoms with van der Waals surface area (Å²) in [5.41, 5.74) is 4.79. The molecule has 3 aromatic rings. The van der Waals surface area contributed by atoms with Gasteiger partial charge in [-0.05, 0) is 35.6 Å². The quantitative estimate of drug-likeness (QED) is 0.505. The lowest BCUT2D eigenvalue weighted by molar-refractivity contribution is -0.118. The van der Waals surface area contributed by atoms with E-state index in [1.165, 1.54) is 28.5 Å². The average Bonchev–Trinajstić information content (AvgIpc) is 3.09. The number of thioether (sulfide) groups is 1. The van der Waals surface area contributed by atoms with Crippen molar-refractivity contribution in [2.45, 2.75) is 30.7 Å². The third kappa shape index (κ3) is 4.98. The number of nitrogens with one attached hydrogen (secondary N) is 2. The highest BCUT2D eigenvalue weighted by Crippen LogP contribution is 2.29. The number of benzene rings is 3. The van der Waals surface area contributed by atoms with Crippen LogP contribution in [0.1, 0.15) is 41.3 Å². The van der Waals surface area contributed by atoms with Gasteiger partial charge < -0.3 is 5.32 Å². The van der Waals surface area contributed by atoms with Gasteiger partial charge in [0.1, 0.15) is 4.32 Å². The third-order valence-corrected chi connectivity index (χ3v) is 6.69. The van der Waals surface area contributed by atoms with Gasteiger partial charge in [0.25, 0.3) is 0 Å². The van der Waals surface area contributed by atoms with Gasteiger partial charge in [-0.15, -0.1) is 0 Å². The molecular formula is C25H24N2OS2. The smallest absolute Gasteiger partial charge is 0.239 e. The molecule has 2 N–H and O–H groups in total. The molecule has 5 heteroatoms. The zero-order valence-corrected chi connectivity index (χ0v) is 18.4. The van der Waals surface area contributed by atoms with Crippen LogP contribution < -0.4 is 10.6 Å². The van der Waals surface area contributed by atoms with E-state index in [-0.39, 0.29) is 23.2 Å². The second-order valence-electron chi connectivity index (χ2n) is 7.48. The monoisotopic (exact) mass is 432 g/mol. The number of hydrogen-bond donors (Lipinski definition) is 2. The molecule has 1 saturated heterocycles. The van der Waals surface area contributed by atoms with Crippen molar-refractivity contribution in [1.29, 1.82) is 0 Å². The maximum absolute atomic E-state index is 12.1. The molecule has 0 aromatic heterocycles. The van der Waals surface area contributed by atoms with Gasteiger partial charge in [-0.3, -0.25) is 10.1 Å². The van der Waals surface area contributed by atoms with Crippen LogP contribution in [0, 0.1) is 0 Å². The van der Waals surface area contributed by atoms with E-state index in [2.05, 4.69) is 90.4 Å². The van der Waals surface area contributed by atoms with E-state index in [9.17, 15) is 4.79 Å². The molecule has 0 aliphatic carbocycles. The molecule has 1 aliphatic heterocycles. The van der Waals surface area contributed by atoms with E-state index in [0.717, 1.165) is 5.56 Å². The summed E-state index contributed by atoms with van der Waals surface area (Å²) in [7, 11) is 0. The predicted octanol–water partition coefficient (Wildman–Crippen LogP) is 5.19. The van der Waals surface area contributed by atoms with Crippen molar-refractivity contribution in [3.8, 4) is 0 Å². The summed E-state index contributed by atoms with van der Waals surface area (Å²) in [5.74, 6) is 0.00540. The minimum absolute atomic E-state index is 0.00540. The lowest BCUT2D eigenvalue weighted by atomic mass is 9.94. The number of rotatable bonds is 7. The van der Waals surface area contributed by atoms with Gasteiger partial charge in [0, 0.05) is 6.04 Å². The SMILES string of the molecule is CC(NC(c1ccccc1)c1cccc(CC2SC(=S)NC2=O)c1)c1ccccc1. The van der Waals surface area contributed by atoms with Crippen LogP contribution in [0.5, 0.6) is 0 Å². The highest BCUT2D eigenvalue weighted by Gasteiger charge is 2.29. The summed E-state index contributed by atoms with van der Waals surface area (Å²) in [6.45, 7) is 2.19. The Balaban J connectivity index is 1.61. The van der Waals surface area contributed by atoms with Crippen LogP contribution in [0.2, 0.25) is 0 Å². The van der Waals surface area contributed by atoms with Crippen LogP contribution in [-0.2, 0) is 11.2 Å². The van der Waals surface area contributed by atoms with Gasteiger partial charge >= 0.3 is 0 Å². The van der Waals surface area contributed by atoms with E-state index in [1.807, 2.05) is 12.1 Å². The van der Waals surface area contributed by atoms with Crippen molar-refractivity contribution in [1.82, 2.24) is 10.6 Å². The van der Waals surface area contributed by atoms with E-state index < -0.39 is 0 Å². The topological polar surface area (TPSA) is 41.1 Å². The fourth-order valence-electron chi connectivity index (χ4n) is 3.76. The van der Waals surface area contributed by atoms with Crippen LogP contribution in [0.15, 0.2) is 84.9 Å². The second-order valence-corrected chi connectivity index (χ2v) is 9.35. The Morgan fingerprint density at radius 3 is 2.20 bits per heavy atom. The molecule has 3 nitrogen and oxygen atoms in total. The normalized spacial score (nSPS) is 18.1. The summed E-state index contributed by atoms with van der Waals surface area (Å²) in [5, 5.41) is 6.38. The molecule has 0 saturated carbocycles. The van der Waals surface area contributed by atoms with Crippen molar-refractivity contribution >= 4 is 34.2 Å². The van der Waals surface area contributed by atoms with Gasteiger partial charge in [-0.25, -0.2) is 0 Å². The molecular weight excluding hydrogens is 408 g/mol. The Morgan fingerprint density at radius 1 is 0.933 bits per heavy atom. The van der Waals surface area contributed by atoms with Gasteiger partial charge in [0.15, 0.2) is 0 Å².